The van der Waals surface area contributed by atoms with Gasteiger partial charge in [0.05, 0.1) is 6.20 Å². The number of halogens is 2. The summed E-state index contributed by atoms with van der Waals surface area (Å²) in [5.41, 5.74) is 0.0444. The molecule has 2 aromatic rings. The second-order valence-electron chi connectivity index (χ2n) is 2.83. The molecule has 6 heteroatoms. The summed E-state index contributed by atoms with van der Waals surface area (Å²) in [4.78, 5) is 18.0. The van der Waals surface area contributed by atoms with Crippen LogP contribution in [0.15, 0.2) is 18.3 Å². The normalized spacial score (nSPS) is 10.5. The predicted molar refractivity (Wildman–Crippen MR) is 51.5 cm³/mol. The van der Waals surface area contributed by atoms with Gasteiger partial charge in [-0.3, -0.25) is 0 Å². The predicted octanol–water partition coefficient (Wildman–Crippen LogP) is 2.12. The van der Waals surface area contributed by atoms with Crippen LogP contribution in [0.3, 0.4) is 0 Å². The van der Waals surface area contributed by atoms with E-state index in [4.69, 9.17) is 16.7 Å². The van der Waals surface area contributed by atoms with E-state index in [2.05, 4.69) is 9.97 Å². The molecular formula is C9H4ClFN2O2. The zero-order valence-electron chi connectivity index (χ0n) is 7.24. The Labute approximate surface area is 88.3 Å². The Hall–Kier alpha value is -1.75. The molecule has 1 N–H and O–H groups in total. The number of carbonyl (C=O) groups is 1. The van der Waals surface area contributed by atoms with E-state index < -0.39 is 11.8 Å². The smallest absolute Gasteiger partial charge is 0.354 e. The number of aromatic carboxylic acids is 1. The number of pyridine rings is 2. The van der Waals surface area contributed by atoms with E-state index >= 15 is 0 Å². The first-order valence-electron chi connectivity index (χ1n) is 3.93. The molecular weight excluding hydrogens is 223 g/mol. The SMILES string of the molecule is O=C(O)c1cc2cc(F)cnc2c(Cl)n1. The van der Waals surface area contributed by atoms with Gasteiger partial charge in [0, 0.05) is 5.39 Å². The third kappa shape index (κ3) is 1.73. The Kier molecular flexibility index (Phi) is 2.24. The van der Waals surface area contributed by atoms with E-state index in [1.807, 2.05) is 0 Å². The van der Waals surface area contributed by atoms with Gasteiger partial charge in [-0.05, 0) is 12.1 Å². The summed E-state index contributed by atoms with van der Waals surface area (Å²) < 4.78 is 12.8. The quantitative estimate of drug-likeness (QED) is 0.757. The van der Waals surface area contributed by atoms with Crippen LogP contribution in [0.1, 0.15) is 10.5 Å². The molecule has 2 heterocycles. The van der Waals surface area contributed by atoms with Gasteiger partial charge in [-0.1, -0.05) is 11.6 Å². The summed E-state index contributed by atoms with van der Waals surface area (Å²) >= 11 is 5.70. The molecule has 0 saturated carbocycles. The van der Waals surface area contributed by atoms with E-state index in [1.165, 1.54) is 6.07 Å². The van der Waals surface area contributed by atoms with Crippen molar-refractivity contribution >= 4 is 28.5 Å². The second kappa shape index (κ2) is 3.43. The largest absolute Gasteiger partial charge is 0.477 e. The van der Waals surface area contributed by atoms with Crippen LogP contribution in [-0.4, -0.2) is 21.0 Å². The lowest BCUT2D eigenvalue weighted by Crippen LogP contribution is -2.01. The summed E-state index contributed by atoms with van der Waals surface area (Å²) in [5.74, 6) is -1.77. The highest BCUT2D eigenvalue weighted by atomic mass is 35.5. The molecule has 0 unspecified atom stereocenters. The molecule has 0 atom stereocenters. The third-order valence-electron chi connectivity index (χ3n) is 1.81. The fraction of sp³-hybridized carbons (Fsp3) is 0. The summed E-state index contributed by atoms with van der Waals surface area (Å²) in [6.07, 6.45) is 0.996. The van der Waals surface area contributed by atoms with Crippen molar-refractivity contribution in [2.24, 2.45) is 0 Å². The van der Waals surface area contributed by atoms with Gasteiger partial charge in [-0.25, -0.2) is 19.2 Å². The maximum absolute atomic E-state index is 12.8. The van der Waals surface area contributed by atoms with Crippen LogP contribution < -0.4 is 0 Å². The summed E-state index contributed by atoms with van der Waals surface area (Å²) in [6, 6.07) is 2.38. The molecule has 76 valence electrons. The number of nitrogens with zero attached hydrogens (tertiary/aromatic N) is 2. The number of rotatable bonds is 1. The van der Waals surface area contributed by atoms with Crippen LogP contribution in [0.5, 0.6) is 0 Å². The summed E-state index contributed by atoms with van der Waals surface area (Å²) in [5, 5.41) is 8.96. The van der Waals surface area contributed by atoms with Gasteiger partial charge in [0.25, 0.3) is 0 Å². The van der Waals surface area contributed by atoms with Crippen molar-refractivity contribution in [1.82, 2.24) is 9.97 Å². The number of hydrogen-bond acceptors (Lipinski definition) is 3. The number of hydrogen-bond donors (Lipinski definition) is 1. The molecule has 0 aromatic carbocycles. The van der Waals surface area contributed by atoms with Gasteiger partial charge in [-0.2, -0.15) is 0 Å². The minimum absolute atomic E-state index is 0.0510. The minimum atomic E-state index is -1.22. The molecule has 2 rings (SSSR count). The van der Waals surface area contributed by atoms with Crippen molar-refractivity contribution in [3.8, 4) is 0 Å². The third-order valence-corrected chi connectivity index (χ3v) is 2.07. The number of fused-ring (bicyclic) bond motifs is 1. The van der Waals surface area contributed by atoms with E-state index in [1.54, 1.807) is 0 Å². The van der Waals surface area contributed by atoms with E-state index in [0.717, 1.165) is 12.3 Å². The molecule has 0 radical (unpaired) electrons. The van der Waals surface area contributed by atoms with Crippen molar-refractivity contribution < 1.29 is 14.3 Å². The Bertz CT molecular complexity index is 559. The maximum atomic E-state index is 12.8. The molecule has 15 heavy (non-hydrogen) atoms. The van der Waals surface area contributed by atoms with Crippen LogP contribution in [0.4, 0.5) is 4.39 Å². The van der Waals surface area contributed by atoms with Crippen LogP contribution >= 0.6 is 11.6 Å². The Morgan fingerprint density at radius 1 is 1.47 bits per heavy atom. The highest BCUT2D eigenvalue weighted by Gasteiger charge is 2.10. The fourth-order valence-electron chi connectivity index (χ4n) is 1.19. The van der Waals surface area contributed by atoms with E-state index in [-0.39, 0.29) is 16.4 Å². The first-order valence-corrected chi connectivity index (χ1v) is 4.31. The first-order chi connectivity index (χ1) is 7.08. The fourth-order valence-corrected chi connectivity index (χ4v) is 1.43. The van der Waals surface area contributed by atoms with Gasteiger partial charge >= 0.3 is 5.97 Å². The van der Waals surface area contributed by atoms with Gasteiger partial charge in [0.15, 0.2) is 10.8 Å². The molecule has 4 nitrogen and oxygen atoms in total. The van der Waals surface area contributed by atoms with Gasteiger partial charge in [0.2, 0.25) is 0 Å². The van der Waals surface area contributed by atoms with E-state index in [9.17, 15) is 9.18 Å². The van der Waals surface area contributed by atoms with Crippen molar-refractivity contribution in [2.75, 3.05) is 0 Å². The average molecular weight is 227 g/mol. The average Bonchev–Trinajstić information content (AvgIpc) is 2.16. The lowest BCUT2D eigenvalue weighted by molar-refractivity contribution is 0.0690. The molecule has 0 fully saturated rings. The van der Waals surface area contributed by atoms with Gasteiger partial charge in [-0.15, -0.1) is 0 Å². The molecule has 0 amide bonds. The highest BCUT2D eigenvalue weighted by molar-refractivity contribution is 6.34. The highest BCUT2D eigenvalue weighted by Crippen LogP contribution is 2.21. The molecule has 0 saturated heterocycles. The number of aromatic nitrogens is 2. The first kappa shape index (κ1) is 9.79. The van der Waals surface area contributed by atoms with E-state index in [0.29, 0.717) is 5.39 Å². The molecule has 0 spiro atoms. The minimum Gasteiger partial charge on any atom is -0.477 e. The number of carboxylic acids is 1. The molecule has 0 bridgehead atoms. The Morgan fingerprint density at radius 2 is 2.20 bits per heavy atom. The lowest BCUT2D eigenvalue weighted by Gasteiger charge is -2.00. The lowest BCUT2D eigenvalue weighted by atomic mass is 10.2. The molecule has 2 aromatic heterocycles. The standard InChI is InChI=1S/C9H4ClFN2O2/c10-8-7-4(1-5(11)3-12-7)2-6(13-8)9(14)15/h1-3H,(H,14,15). The molecule has 0 aliphatic rings. The van der Waals surface area contributed by atoms with Crippen molar-refractivity contribution in [3.05, 3.63) is 35.0 Å². The van der Waals surface area contributed by atoms with Crippen LogP contribution in [0, 0.1) is 5.82 Å². The second-order valence-corrected chi connectivity index (χ2v) is 3.19. The zero-order chi connectivity index (χ0) is 11.0. The Morgan fingerprint density at radius 3 is 2.87 bits per heavy atom. The topological polar surface area (TPSA) is 63.1 Å². The monoisotopic (exact) mass is 226 g/mol. The van der Waals surface area contributed by atoms with Crippen LogP contribution in [-0.2, 0) is 0 Å². The van der Waals surface area contributed by atoms with Crippen molar-refractivity contribution in [2.45, 2.75) is 0 Å². The molecule has 0 aliphatic heterocycles. The van der Waals surface area contributed by atoms with Crippen LogP contribution in [0.2, 0.25) is 5.15 Å². The Balaban J connectivity index is 2.79. The summed E-state index contributed by atoms with van der Waals surface area (Å²) in [6.45, 7) is 0. The van der Waals surface area contributed by atoms with Gasteiger partial charge in [0.1, 0.15) is 11.3 Å². The van der Waals surface area contributed by atoms with Crippen molar-refractivity contribution in [3.63, 3.8) is 0 Å². The molecule has 0 aliphatic carbocycles. The van der Waals surface area contributed by atoms with Gasteiger partial charge < -0.3 is 5.11 Å². The maximum Gasteiger partial charge on any atom is 0.354 e. The van der Waals surface area contributed by atoms with Crippen LogP contribution in [0.25, 0.3) is 10.9 Å². The zero-order valence-corrected chi connectivity index (χ0v) is 7.99. The number of carboxylic acid groups (broad SMARTS) is 1. The van der Waals surface area contributed by atoms with Crippen molar-refractivity contribution in [1.29, 1.82) is 0 Å². The summed E-state index contributed by atoms with van der Waals surface area (Å²) in [7, 11) is 0.